The van der Waals surface area contributed by atoms with Gasteiger partial charge in [-0.1, -0.05) is 18.2 Å². The maximum Gasteiger partial charge on any atom is 0.416 e. The van der Waals surface area contributed by atoms with Crippen molar-refractivity contribution in [3.05, 3.63) is 71.1 Å². The first-order valence-electron chi connectivity index (χ1n) is 7.15. The van der Waals surface area contributed by atoms with Gasteiger partial charge in [0, 0.05) is 5.56 Å². The fraction of sp³-hybridized carbons (Fsp3) is 0.118. The summed E-state index contributed by atoms with van der Waals surface area (Å²) >= 11 is 0. The monoisotopic (exact) mass is 348 g/mol. The number of rotatable bonds is 4. The van der Waals surface area contributed by atoms with Gasteiger partial charge in [-0.15, -0.1) is 10.2 Å². The molecule has 0 aliphatic heterocycles. The van der Waals surface area contributed by atoms with Crippen molar-refractivity contribution in [1.82, 2.24) is 10.2 Å². The van der Waals surface area contributed by atoms with Crippen molar-refractivity contribution >= 4 is 5.97 Å². The lowest BCUT2D eigenvalue weighted by Gasteiger charge is -2.06. The van der Waals surface area contributed by atoms with Crippen LogP contribution in [0.15, 0.2) is 52.9 Å². The van der Waals surface area contributed by atoms with Crippen LogP contribution >= 0.6 is 0 Å². The van der Waals surface area contributed by atoms with E-state index in [0.717, 1.165) is 17.7 Å². The van der Waals surface area contributed by atoms with Gasteiger partial charge in [-0.25, -0.2) is 4.79 Å². The molecular weight excluding hydrogens is 337 g/mol. The molecule has 0 saturated heterocycles. The maximum absolute atomic E-state index is 12.8. The first kappa shape index (κ1) is 16.7. The van der Waals surface area contributed by atoms with Crippen molar-refractivity contribution in [2.24, 2.45) is 0 Å². The molecule has 0 atom stereocenters. The number of carboxylic acids is 1. The Labute approximate surface area is 139 Å². The molecule has 1 N–H and O–H groups in total. The number of hydrogen-bond donors (Lipinski definition) is 1. The van der Waals surface area contributed by atoms with Gasteiger partial charge in [0.25, 0.3) is 0 Å². The third-order valence-corrected chi connectivity index (χ3v) is 3.46. The van der Waals surface area contributed by atoms with E-state index >= 15 is 0 Å². The number of nitrogens with zero attached hydrogens (tertiary/aromatic N) is 2. The van der Waals surface area contributed by atoms with E-state index in [2.05, 4.69) is 10.2 Å². The van der Waals surface area contributed by atoms with E-state index in [0.29, 0.717) is 0 Å². The number of aromatic carboxylic acids is 1. The SMILES string of the molecule is O=C(O)c1ccc(Cc2nnc(-c3cccc(C(F)(F)F)c3)o2)cc1. The van der Waals surface area contributed by atoms with Crippen LogP contribution in [0.4, 0.5) is 13.2 Å². The smallest absolute Gasteiger partial charge is 0.416 e. The summed E-state index contributed by atoms with van der Waals surface area (Å²) in [4.78, 5) is 10.8. The van der Waals surface area contributed by atoms with Gasteiger partial charge in [-0.2, -0.15) is 13.2 Å². The highest BCUT2D eigenvalue weighted by molar-refractivity contribution is 5.87. The van der Waals surface area contributed by atoms with Gasteiger partial charge in [0.05, 0.1) is 17.5 Å². The molecule has 0 unspecified atom stereocenters. The Morgan fingerprint density at radius 2 is 1.80 bits per heavy atom. The second-order valence-corrected chi connectivity index (χ2v) is 5.26. The molecule has 0 amide bonds. The zero-order valence-electron chi connectivity index (χ0n) is 12.6. The molecule has 0 radical (unpaired) electrons. The van der Waals surface area contributed by atoms with Crippen molar-refractivity contribution in [1.29, 1.82) is 0 Å². The van der Waals surface area contributed by atoms with E-state index in [9.17, 15) is 18.0 Å². The van der Waals surface area contributed by atoms with Gasteiger partial charge < -0.3 is 9.52 Å². The largest absolute Gasteiger partial charge is 0.478 e. The van der Waals surface area contributed by atoms with Crippen molar-refractivity contribution < 1.29 is 27.5 Å². The Morgan fingerprint density at radius 1 is 1.08 bits per heavy atom. The number of carbonyl (C=O) groups is 1. The van der Waals surface area contributed by atoms with E-state index in [1.807, 2.05) is 0 Å². The average molecular weight is 348 g/mol. The Balaban J connectivity index is 1.80. The molecule has 3 aromatic rings. The van der Waals surface area contributed by atoms with Crippen molar-refractivity contribution in [3.8, 4) is 11.5 Å². The Bertz CT molecular complexity index is 902. The van der Waals surface area contributed by atoms with Crippen molar-refractivity contribution in [3.63, 3.8) is 0 Å². The summed E-state index contributed by atoms with van der Waals surface area (Å²) in [7, 11) is 0. The van der Waals surface area contributed by atoms with Crippen LogP contribution in [0.3, 0.4) is 0 Å². The lowest BCUT2D eigenvalue weighted by molar-refractivity contribution is -0.137. The highest BCUT2D eigenvalue weighted by Crippen LogP contribution is 2.31. The van der Waals surface area contributed by atoms with Gasteiger partial charge >= 0.3 is 12.1 Å². The third-order valence-electron chi connectivity index (χ3n) is 3.46. The lowest BCUT2D eigenvalue weighted by atomic mass is 10.1. The number of hydrogen-bond acceptors (Lipinski definition) is 4. The van der Waals surface area contributed by atoms with Gasteiger partial charge in [-0.3, -0.25) is 0 Å². The minimum absolute atomic E-state index is 0.0109. The summed E-state index contributed by atoms with van der Waals surface area (Å²) in [5, 5.41) is 16.4. The summed E-state index contributed by atoms with van der Waals surface area (Å²) < 4.78 is 43.7. The van der Waals surface area contributed by atoms with E-state index in [4.69, 9.17) is 9.52 Å². The maximum atomic E-state index is 12.8. The normalized spacial score (nSPS) is 11.5. The van der Waals surface area contributed by atoms with E-state index in [1.54, 1.807) is 12.1 Å². The first-order valence-corrected chi connectivity index (χ1v) is 7.15. The number of halogens is 3. The van der Waals surface area contributed by atoms with Crippen molar-refractivity contribution in [2.75, 3.05) is 0 Å². The highest BCUT2D eigenvalue weighted by Gasteiger charge is 2.30. The molecule has 1 aromatic heterocycles. The van der Waals surface area contributed by atoms with E-state index in [1.165, 1.54) is 24.3 Å². The summed E-state index contributed by atoms with van der Waals surface area (Å²) in [6.07, 6.45) is -4.21. The fourth-order valence-electron chi connectivity index (χ4n) is 2.21. The van der Waals surface area contributed by atoms with Crippen molar-refractivity contribution in [2.45, 2.75) is 12.6 Å². The quantitative estimate of drug-likeness (QED) is 0.770. The summed E-state index contributed by atoms with van der Waals surface area (Å²) in [6, 6.07) is 10.7. The molecule has 5 nitrogen and oxygen atoms in total. The van der Waals surface area contributed by atoms with Crippen LogP contribution in [-0.4, -0.2) is 21.3 Å². The Hall–Kier alpha value is -3.16. The molecule has 0 aliphatic rings. The first-order chi connectivity index (χ1) is 11.8. The van der Waals surface area contributed by atoms with Crippen LogP contribution in [0.25, 0.3) is 11.5 Å². The molecule has 0 spiro atoms. The van der Waals surface area contributed by atoms with Crippen LogP contribution in [0, 0.1) is 0 Å². The molecule has 8 heteroatoms. The molecule has 0 aliphatic carbocycles. The zero-order valence-corrected chi connectivity index (χ0v) is 12.6. The van der Waals surface area contributed by atoms with Crippen LogP contribution in [0.1, 0.15) is 27.4 Å². The second kappa shape index (κ2) is 6.39. The zero-order chi connectivity index (χ0) is 18.0. The molecule has 128 valence electrons. The number of alkyl halides is 3. The van der Waals surface area contributed by atoms with Crippen LogP contribution in [-0.2, 0) is 12.6 Å². The number of benzene rings is 2. The molecule has 25 heavy (non-hydrogen) atoms. The predicted octanol–water partition coefficient (Wildman–Crippen LogP) is 4.04. The van der Waals surface area contributed by atoms with E-state index < -0.39 is 17.7 Å². The standard InChI is InChI=1S/C17H11F3N2O3/c18-17(19,20)13-3-1-2-12(9-13)15-22-21-14(25-15)8-10-4-6-11(7-5-10)16(23)24/h1-7,9H,8H2,(H,23,24). The minimum Gasteiger partial charge on any atom is -0.478 e. The molecule has 3 rings (SSSR count). The van der Waals surface area contributed by atoms with Crippen LogP contribution in [0.2, 0.25) is 0 Å². The minimum atomic E-state index is -4.45. The molecule has 0 saturated carbocycles. The summed E-state index contributed by atoms with van der Waals surface area (Å²) in [5.74, 6) is -0.824. The number of carboxylic acid groups (broad SMARTS) is 1. The van der Waals surface area contributed by atoms with E-state index in [-0.39, 0.29) is 29.3 Å². The molecule has 0 fully saturated rings. The second-order valence-electron chi connectivity index (χ2n) is 5.26. The van der Waals surface area contributed by atoms with Gasteiger partial charge in [0.15, 0.2) is 0 Å². The Kier molecular flexibility index (Phi) is 4.26. The fourth-order valence-corrected chi connectivity index (χ4v) is 2.21. The van der Waals surface area contributed by atoms with Crippen LogP contribution < -0.4 is 0 Å². The molecule has 2 aromatic carbocycles. The lowest BCUT2D eigenvalue weighted by Crippen LogP contribution is -2.04. The van der Waals surface area contributed by atoms with Gasteiger partial charge in [-0.05, 0) is 35.9 Å². The highest BCUT2D eigenvalue weighted by atomic mass is 19.4. The molecule has 1 heterocycles. The molecular formula is C17H11F3N2O3. The van der Waals surface area contributed by atoms with Crippen LogP contribution in [0.5, 0.6) is 0 Å². The third kappa shape index (κ3) is 3.85. The summed E-state index contributed by atoms with van der Waals surface area (Å²) in [6.45, 7) is 0. The topological polar surface area (TPSA) is 76.2 Å². The average Bonchev–Trinajstić information content (AvgIpc) is 3.03. The summed E-state index contributed by atoms with van der Waals surface area (Å²) in [5.41, 5.74) is 0.270. The Morgan fingerprint density at radius 3 is 2.44 bits per heavy atom. The number of aromatic nitrogens is 2. The predicted molar refractivity (Wildman–Crippen MR) is 80.9 cm³/mol. The van der Waals surface area contributed by atoms with Gasteiger partial charge in [0.1, 0.15) is 0 Å². The van der Waals surface area contributed by atoms with Gasteiger partial charge in [0.2, 0.25) is 11.8 Å². The molecule has 0 bridgehead atoms.